The van der Waals surface area contributed by atoms with Gasteiger partial charge in [-0.2, -0.15) is 0 Å². The second-order valence-corrected chi connectivity index (χ2v) is 6.14. The van der Waals surface area contributed by atoms with Crippen molar-refractivity contribution in [2.45, 2.75) is 46.2 Å². The summed E-state index contributed by atoms with van der Waals surface area (Å²) in [5, 5.41) is 2.83. The molecule has 0 aliphatic carbocycles. The molecule has 0 rings (SSSR count). The van der Waals surface area contributed by atoms with Gasteiger partial charge in [0, 0.05) is 25.7 Å². The quantitative estimate of drug-likeness (QED) is 0.643. The molecule has 3 N–H and O–H groups in total. The van der Waals surface area contributed by atoms with E-state index in [1.807, 2.05) is 7.05 Å². The predicted octanol–water partition coefficient (Wildman–Crippen LogP) is 0.833. The van der Waals surface area contributed by atoms with Gasteiger partial charge >= 0.3 is 0 Å². The first-order chi connectivity index (χ1) is 8.73. The van der Waals surface area contributed by atoms with Gasteiger partial charge in [0.05, 0.1) is 13.2 Å². The zero-order valence-corrected chi connectivity index (χ0v) is 13.3. The summed E-state index contributed by atoms with van der Waals surface area (Å²) < 4.78 is 4.91. The molecule has 0 fully saturated rings. The second-order valence-electron chi connectivity index (χ2n) is 6.14. The Kier molecular flexibility index (Phi) is 8.22. The SMILES string of the molecule is CCC(N)C(N(C)CC(=O)NCCOC)C(C)(C)C. The van der Waals surface area contributed by atoms with E-state index in [0.717, 1.165) is 6.42 Å². The number of ether oxygens (including phenoxy) is 1. The second kappa shape index (κ2) is 8.51. The van der Waals surface area contributed by atoms with E-state index in [1.165, 1.54) is 0 Å². The smallest absolute Gasteiger partial charge is 0.234 e. The third-order valence-corrected chi connectivity index (χ3v) is 3.26. The van der Waals surface area contributed by atoms with Gasteiger partial charge in [0.25, 0.3) is 0 Å². The van der Waals surface area contributed by atoms with Crippen LogP contribution in [0.1, 0.15) is 34.1 Å². The summed E-state index contributed by atoms with van der Waals surface area (Å²) in [4.78, 5) is 13.9. The van der Waals surface area contributed by atoms with Gasteiger partial charge in [-0.1, -0.05) is 27.7 Å². The molecular formula is C14H31N3O2. The van der Waals surface area contributed by atoms with Crippen molar-refractivity contribution in [2.24, 2.45) is 11.1 Å². The molecule has 0 radical (unpaired) electrons. The minimum absolute atomic E-state index is 0.0112. The average molecular weight is 273 g/mol. The zero-order valence-electron chi connectivity index (χ0n) is 13.3. The Morgan fingerprint density at radius 2 is 2.00 bits per heavy atom. The van der Waals surface area contributed by atoms with Crippen LogP contribution in [-0.2, 0) is 9.53 Å². The normalized spacial score (nSPS) is 15.4. The number of likely N-dealkylation sites (N-methyl/N-ethyl adjacent to an activating group) is 1. The third-order valence-electron chi connectivity index (χ3n) is 3.26. The van der Waals surface area contributed by atoms with Gasteiger partial charge in [-0.25, -0.2) is 0 Å². The zero-order chi connectivity index (χ0) is 15.1. The first-order valence-corrected chi connectivity index (χ1v) is 6.95. The van der Waals surface area contributed by atoms with Crippen LogP contribution in [0.5, 0.6) is 0 Å². The molecular weight excluding hydrogens is 242 g/mol. The van der Waals surface area contributed by atoms with Crippen LogP contribution in [0.15, 0.2) is 0 Å². The number of rotatable bonds is 8. The summed E-state index contributed by atoms with van der Waals surface area (Å²) in [7, 11) is 3.58. The van der Waals surface area contributed by atoms with Gasteiger partial charge in [0.1, 0.15) is 0 Å². The topological polar surface area (TPSA) is 67.6 Å². The van der Waals surface area contributed by atoms with Crippen LogP contribution in [0.4, 0.5) is 0 Å². The van der Waals surface area contributed by atoms with Crippen molar-refractivity contribution >= 4 is 5.91 Å². The van der Waals surface area contributed by atoms with Gasteiger partial charge < -0.3 is 15.8 Å². The fourth-order valence-corrected chi connectivity index (χ4v) is 2.53. The Balaban J connectivity index is 4.48. The minimum Gasteiger partial charge on any atom is -0.383 e. The fraction of sp³-hybridized carbons (Fsp3) is 0.929. The molecule has 0 aliphatic rings. The van der Waals surface area contributed by atoms with Gasteiger partial charge in [0.15, 0.2) is 0 Å². The van der Waals surface area contributed by atoms with Crippen LogP contribution in [-0.4, -0.2) is 56.7 Å². The van der Waals surface area contributed by atoms with Crippen molar-refractivity contribution in [1.29, 1.82) is 0 Å². The van der Waals surface area contributed by atoms with Crippen molar-refractivity contribution in [2.75, 3.05) is 33.9 Å². The highest BCUT2D eigenvalue weighted by Crippen LogP contribution is 2.26. The Labute approximate surface area is 117 Å². The molecule has 0 aromatic heterocycles. The molecule has 0 aromatic rings. The Morgan fingerprint density at radius 3 is 2.42 bits per heavy atom. The Hall–Kier alpha value is -0.650. The Morgan fingerprint density at radius 1 is 1.42 bits per heavy atom. The van der Waals surface area contributed by atoms with E-state index in [1.54, 1.807) is 7.11 Å². The maximum absolute atomic E-state index is 11.8. The van der Waals surface area contributed by atoms with E-state index in [4.69, 9.17) is 10.5 Å². The molecule has 19 heavy (non-hydrogen) atoms. The minimum atomic E-state index is 0.0112. The molecule has 0 heterocycles. The maximum Gasteiger partial charge on any atom is 0.234 e. The number of nitrogens with one attached hydrogen (secondary N) is 1. The monoisotopic (exact) mass is 273 g/mol. The molecule has 5 heteroatoms. The predicted molar refractivity (Wildman–Crippen MR) is 79.0 cm³/mol. The van der Waals surface area contributed by atoms with Crippen LogP contribution in [0.3, 0.4) is 0 Å². The molecule has 0 saturated carbocycles. The van der Waals surface area contributed by atoms with Crippen LogP contribution >= 0.6 is 0 Å². The highest BCUT2D eigenvalue weighted by molar-refractivity contribution is 5.78. The molecule has 0 aromatic carbocycles. The number of methoxy groups -OCH3 is 1. The van der Waals surface area contributed by atoms with E-state index in [2.05, 4.69) is 37.9 Å². The van der Waals surface area contributed by atoms with Crippen LogP contribution in [0, 0.1) is 5.41 Å². The maximum atomic E-state index is 11.8. The highest BCUT2D eigenvalue weighted by atomic mass is 16.5. The van der Waals surface area contributed by atoms with E-state index < -0.39 is 0 Å². The lowest BCUT2D eigenvalue weighted by atomic mass is 9.80. The molecule has 2 unspecified atom stereocenters. The molecule has 5 nitrogen and oxygen atoms in total. The number of amides is 1. The van der Waals surface area contributed by atoms with E-state index in [0.29, 0.717) is 19.7 Å². The van der Waals surface area contributed by atoms with Crippen molar-refractivity contribution in [3.8, 4) is 0 Å². The van der Waals surface area contributed by atoms with Crippen molar-refractivity contribution in [3.05, 3.63) is 0 Å². The lowest BCUT2D eigenvalue weighted by molar-refractivity contribution is -0.123. The van der Waals surface area contributed by atoms with E-state index in [-0.39, 0.29) is 23.4 Å². The molecule has 2 atom stereocenters. The molecule has 1 amide bonds. The molecule has 0 aliphatic heterocycles. The standard InChI is InChI=1S/C14H31N3O2/c1-7-11(15)13(14(2,3)4)17(5)10-12(18)16-8-9-19-6/h11,13H,7-10,15H2,1-6H3,(H,16,18). The van der Waals surface area contributed by atoms with Crippen LogP contribution in [0.2, 0.25) is 0 Å². The Bertz CT molecular complexity index is 264. The molecule has 114 valence electrons. The van der Waals surface area contributed by atoms with Crippen LogP contribution < -0.4 is 11.1 Å². The molecule has 0 spiro atoms. The number of hydrogen-bond acceptors (Lipinski definition) is 4. The first kappa shape index (κ1) is 18.4. The number of carbonyl (C=O) groups excluding carboxylic acids is 1. The summed E-state index contributed by atoms with van der Waals surface area (Å²) in [6.45, 7) is 10.00. The number of carbonyl (C=O) groups is 1. The van der Waals surface area contributed by atoms with Gasteiger partial charge in [-0.3, -0.25) is 9.69 Å². The highest BCUT2D eigenvalue weighted by Gasteiger charge is 2.33. The summed E-state index contributed by atoms with van der Waals surface area (Å²) >= 11 is 0. The summed E-state index contributed by atoms with van der Waals surface area (Å²) in [5.74, 6) is 0.0112. The van der Waals surface area contributed by atoms with E-state index >= 15 is 0 Å². The van der Waals surface area contributed by atoms with Crippen molar-refractivity contribution in [3.63, 3.8) is 0 Å². The summed E-state index contributed by atoms with van der Waals surface area (Å²) in [5.41, 5.74) is 6.25. The van der Waals surface area contributed by atoms with E-state index in [9.17, 15) is 4.79 Å². The number of nitrogens with two attached hydrogens (primary N) is 1. The van der Waals surface area contributed by atoms with Crippen LogP contribution in [0.25, 0.3) is 0 Å². The lowest BCUT2D eigenvalue weighted by Gasteiger charge is -2.41. The molecule has 0 bridgehead atoms. The third kappa shape index (κ3) is 6.89. The van der Waals surface area contributed by atoms with Gasteiger partial charge in [0.2, 0.25) is 5.91 Å². The fourth-order valence-electron chi connectivity index (χ4n) is 2.53. The van der Waals surface area contributed by atoms with Gasteiger partial charge in [-0.05, 0) is 18.9 Å². The largest absolute Gasteiger partial charge is 0.383 e. The number of nitrogens with zero attached hydrogens (tertiary/aromatic N) is 1. The molecule has 0 saturated heterocycles. The lowest BCUT2D eigenvalue weighted by Crippen LogP contribution is -2.55. The summed E-state index contributed by atoms with van der Waals surface area (Å²) in [6.07, 6.45) is 0.900. The van der Waals surface area contributed by atoms with Gasteiger partial charge in [-0.15, -0.1) is 0 Å². The number of hydrogen-bond donors (Lipinski definition) is 2. The summed E-state index contributed by atoms with van der Waals surface area (Å²) in [6, 6.07) is 0.238. The average Bonchev–Trinajstić information content (AvgIpc) is 2.27. The van der Waals surface area contributed by atoms with Crippen molar-refractivity contribution < 1.29 is 9.53 Å². The van der Waals surface area contributed by atoms with Crippen molar-refractivity contribution in [1.82, 2.24) is 10.2 Å². The first-order valence-electron chi connectivity index (χ1n) is 6.95.